The summed E-state index contributed by atoms with van der Waals surface area (Å²) in [6.07, 6.45) is 5.60. The summed E-state index contributed by atoms with van der Waals surface area (Å²) < 4.78 is 1.95. The Bertz CT molecular complexity index is 708. The lowest BCUT2D eigenvalue weighted by atomic mass is 10.1. The molecule has 140 valence electrons. The summed E-state index contributed by atoms with van der Waals surface area (Å²) in [5.41, 5.74) is 2.37. The van der Waals surface area contributed by atoms with Crippen LogP contribution in [0, 0.1) is 6.92 Å². The van der Waals surface area contributed by atoms with E-state index in [9.17, 15) is 0 Å². The molecule has 0 aromatic carbocycles. The van der Waals surface area contributed by atoms with Crippen LogP contribution in [0.3, 0.4) is 0 Å². The fourth-order valence-electron chi connectivity index (χ4n) is 3.88. The quantitative estimate of drug-likeness (QED) is 0.834. The van der Waals surface area contributed by atoms with Gasteiger partial charge < -0.3 is 9.80 Å². The summed E-state index contributed by atoms with van der Waals surface area (Å²) in [4.78, 5) is 16.3. The SMILES string of the molecule is Cc1cc(CN2CCN(c3cc(N4CCCCC4)ncn3)CC2)nn1C. The summed E-state index contributed by atoms with van der Waals surface area (Å²) in [5, 5.41) is 4.58. The van der Waals surface area contributed by atoms with E-state index in [0.29, 0.717) is 0 Å². The van der Waals surface area contributed by atoms with Crippen molar-refractivity contribution in [2.45, 2.75) is 32.7 Å². The second kappa shape index (κ2) is 7.61. The Balaban J connectivity index is 1.35. The zero-order chi connectivity index (χ0) is 17.9. The Morgan fingerprint density at radius 1 is 0.846 bits per heavy atom. The van der Waals surface area contributed by atoms with Crippen molar-refractivity contribution in [3.8, 4) is 0 Å². The van der Waals surface area contributed by atoms with Gasteiger partial charge in [0.2, 0.25) is 0 Å². The number of hydrogen-bond acceptors (Lipinski definition) is 6. The number of hydrogen-bond donors (Lipinski definition) is 0. The lowest BCUT2D eigenvalue weighted by Gasteiger charge is -2.35. The zero-order valence-corrected chi connectivity index (χ0v) is 15.9. The minimum Gasteiger partial charge on any atom is -0.356 e. The number of rotatable bonds is 4. The monoisotopic (exact) mass is 355 g/mol. The molecule has 2 aliphatic heterocycles. The fourth-order valence-corrected chi connectivity index (χ4v) is 3.88. The molecule has 0 atom stereocenters. The summed E-state index contributed by atoms with van der Waals surface area (Å²) in [6.45, 7) is 9.35. The van der Waals surface area contributed by atoms with Crippen LogP contribution in [0.1, 0.15) is 30.7 Å². The van der Waals surface area contributed by atoms with Gasteiger partial charge >= 0.3 is 0 Å². The van der Waals surface area contributed by atoms with Crippen molar-refractivity contribution in [3.63, 3.8) is 0 Å². The van der Waals surface area contributed by atoms with Crippen LogP contribution in [-0.4, -0.2) is 63.9 Å². The highest BCUT2D eigenvalue weighted by Crippen LogP contribution is 2.22. The molecule has 0 unspecified atom stereocenters. The maximum Gasteiger partial charge on any atom is 0.134 e. The molecule has 0 bridgehead atoms. The Morgan fingerprint density at radius 2 is 1.50 bits per heavy atom. The largest absolute Gasteiger partial charge is 0.356 e. The van der Waals surface area contributed by atoms with Crippen molar-refractivity contribution in [1.82, 2.24) is 24.6 Å². The molecule has 2 aromatic rings. The van der Waals surface area contributed by atoms with Crippen molar-refractivity contribution >= 4 is 11.6 Å². The number of aromatic nitrogens is 4. The molecule has 4 rings (SSSR count). The first-order valence-corrected chi connectivity index (χ1v) is 9.73. The molecule has 0 spiro atoms. The van der Waals surface area contributed by atoms with E-state index in [0.717, 1.165) is 63.1 Å². The van der Waals surface area contributed by atoms with Gasteiger partial charge in [-0.05, 0) is 32.3 Å². The molecule has 4 heterocycles. The number of piperidine rings is 1. The smallest absolute Gasteiger partial charge is 0.134 e. The summed E-state index contributed by atoms with van der Waals surface area (Å²) >= 11 is 0. The van der Waals surface area contributed by atoms with Gasteiger partial charge in [-0.2, -0.15) is 5.10 Å². The molecule has 0 radical (unpaired) electrons. The van der Waals surface area contributed by atoms with Crippen LogP contribution < -0.4 is 9.80 Å². The van der Waals surface area contributed by atoms with E-state index in [4.69, 9.17) is 0 Å². The first-order valence-electron chi connectivity index (χ1n) is 9.73. The van der Waals surface area contributed by atoms with Gasteiger partial charge in [-0.15, -0.1) is 0 Å². The molecule has 2 saturated heterocycles. The highest BCUT2D eigenvalue weighted by molar-refractivity contribution is 5.50. The van der Waals surface area contributed by atoms with Crippen molar-refractivity contribution in [2.75, 3.05) is 49.1 Å². The van der Waals surface area contributed by atoms with E-state index in [2.05, 4.69) is 48.8 Å². The fraction of sp³-hybridized carbons (Fsp3) is 0.632. The number of aryl methyl sites for hydroxylation is 2. The van der Waals surface area contributed by atoms with E-state index in [1.54, 1.807) is 6.33 Å². The van der Waals surface area contributed by atoms with Gasteiger partial charge in [0.15, 0.2) is 0 Å². The molecular formula is C19H29N7. The van der Waals surface area contributed by atoms with Crippen LogP contribution in [0.4, 0.5) is 11.6 Å². The first-order chi connectivity index (χ1) is 12.7. The molecule has 0 saturated carbocycles. The molecule has 2 aliphatic rings. The van der Waals surface area contributed by atoms with Gasteiger partial charge in [0, 0.05) is 64.6 Å². The standard InChI is InChI=1S/C19H29N7/c1-16-12-17(22-23(16)2)14-24-8-10-26(11-9-24)19-13-18(20-15-21-19)25-6-4-3-5-7-25/h12-13,15H,3-11,14H2,1-2H3. The number of anilines is 2. The number of piperazine rings is 1. The Morgan fingerprint density at radius 3 is 2.12 bits per heavy atom. The van der Waals surface area contributed by atoms with Crippen LogP contribution in [0.25, 0.3) is 0 Å². The summed E-state index contributed by atoms with van der Waals surface area (Å²) in [5.74, 6) is 2.15. The minimum atomic E-state index is 0.929. The van der Waals surface area contributed by atoms with Gasteiger partial charge in [0.25, 0.3) is 0 Å². The summed E-state index contributed by atoms with van der Waals surface area (Å²) in [6, 6.07) is 4.35. The molecule has 2 aromatic heterocycles. The van der Waals surface area contributed by atoms with Crippen molar-refractivity contribution in [1.29, 1.82) is 0 Å². The third-order valence-electron chi connectivity index (χ3n) is 5.56. The average molecular weight is 355 g/mol. The predicted octanol–water partition coefficient (Wildman–Crippen LogP) is 1.83. The highest BCUT2D eigenvalue weighted by Gasteiger charge is 2.20. The second-order valence-electron chi connectivity index (χ2n) is 7.45. The molecule has 26 heavy (non-hydrogen) atoms. The second-order valence-corrected chi connectivity index (χ2v) is 7.45. The molecule has 0 N–H and O–H groups in total. The molecule has 7 heteroatoms. The third kappa shape index (κ3) is 3.82. The van der Waals surface area contributed by atoms with Crippen molar-refractivity contribution < 1.29 is 0 Å². The van der Waals surface area contributed by atoms with Crippen molar-refractivity contribution in [2.24, 2.45) is 7.05 Å². The van der Waals surface area contributed by atoms with Crippen molar-refractivity contribution in [3.05, 3.63) is 29.8 Å². The normalized spacial score (nSPS) is 19.2. The van der Waals surface area contributed by atoms with Crippen LogP contribution in [0.5, 0.6) is 0 Å². The Kier molecular flexibility index (Phi) is 5.06. The summed E-state index contributed by atoms with van der Waals surface area (Å²) in [7, 11) is 2.01. The van der Waals surface area contributed by atoms with Crippen LogP contribution in [0.15, 0.2) is 18.5 Å². The van der Waals surface area contributed by atoms with Gasteiger partial charge in [0.1, 0.15) is 18.0 Å². The average Bonchev–Trinajstić information content (AvgIpc) is 3.00. The number of nitrogens with zero attached hydrogens (tertiary/aromatic N) is 7. The van der Waals surface area contributed by atoms with Gasteiger partial charge in [0.05, 0.1) is 5.69 Å². The maximum atomic E-state index is 4.58. The molecular weight excluding hydrogens is 326 g/mol. The van der Waals surface area contributed by atoms with Crippen LogP contribution in [0.2, 0.25) is 0 Å². The molecule has 0 aliphatic carbocycles. The van der Waals surface area contributed by atoms with Crippen LogP contribution >= 0.6 is 0 Å². The van der Waals surface area contributed by atoms with E-state index in [1.807, 2.05) is 11.7 Å². The van der Waals surface area contributed by atoms with E-state index < -0.39 is 0 Å². The zero-order valence-electron chi connectivity index (χ0n) is 15.9. The van der Waals surface area contributed by atoms with E-state index in [-0.39, 0.29) is 0 Å². The lowest BCUT2D eigenvalue weighted by molar-refractivity contribution is 0.246. The molecule has 2 fully saturated rings. The Hall–Kier alpha value is -2.15. The van der Waals surface area contributed by atoms with Gasteiger partial charge in [-0.1, -0.05) is 0 Å². The predicted molar refractivity (Wildman–Crippen MR) is 104 cm³/mol. The van der Waals surface area contributed by atoms with Crippen LogP contribution in [-0.2, 0) is 13.6 Å². The lowest BCUT2D eigenvalue weighted by Crippen LogP contribution is -2.46. The first kappa shape index (κ1) is 17.3. The molecule has 0 amide bonds. The van der Waals surface area contributed by atoms with Gasteiger partial charge in [-0.3, -0.25) is 9.58 Å². The Labute approximate surface area is 155 Å². The molecule has 7 nitrogen and oxygen atoms in total. The highest BCUT2D eigenvalue weighted by atomic mass is 15.3. The topological polar surface area (TPSA) is 53.3 Å². The van der Waals surface area contributed by atoms with E-state index >= 15 is 0 Å². The minimum absolute atomic E-state index is 0.929. The third-order valence-corrected chi connectivity index (χ3v) is 5.56. The maximum absolute atomic E-state index is 4.58. The van der Waals surface area contributed by atoms with Gasteiger partial charge in [-0.25, -0.2) is 9.97 Å². The van der Waals surface area contributed by atoms with E-state index in [1.165, 1.54) is 25.0 Å².